The molecule has 0 atom stereocenters. The molecule has 8 aromatic rings. The highest BCUT2D eigenvalue weighted by atomic mass is 15.0. The Morgan fingerprint density at radius 3 is 0.660 bits per heavy atom. The first kappa shape index (κ1) is 41.1. The molecule has 2 heterocycles. The predicted octanol–water partition coefficient (Wildman–Crippen LogP) is 15.7. The van der Waals surface area contributed by atoms with Gasteiger partial charge in [-0.3, -0.25) is 0 Å². The third-order valence-corrected chi connectivity index (χ3v) is 7.74. The van der Waals surface area contributed by atoms with Gasteiger partial charge in [0.1, 0.15) is 0 Å². The first-order valence-electron chi connectivity index (χ1n) is 19.0. The topological polar surface area (TPSA) is 9.86 Å². The van der Waals surface area contributed by atoms with Gasteiger partial charge in [-0.2, -0.15) is 0 Å². The summed E-state index contributed by atoms with van der Waals surface area (Å²) in [6.45, 7) is 24.0. The third kappa shape index (κ3) is 8.37. The van der Waals surface area contributed by atoms with Crippen molar-refractivity contribution in [2.24, 2.45) is 0 Å². The normalized spacial score (nSPS) is 9.60. The van der Waals surface area contributed by atoms with Gasteiger partial charge < -0.3 is 9.13 Å². The van der Waals surface area contributed by atoms with Crippen LogP contribution < -0.4 is 0 Å². The fourth-order valence-corrected chi connectivity index (χ4v) is 6.01. The number of fused-ring (bicyclic) bond motifs is 6. The fraction of sp³-hybridized carbons (Fsp3) is 0.250. The Bertz CT molecular complexity index is 1850. The molecular formula is C48H60N2. The molecule has 0 spiro atoms. The van der Waals surface area contributed by atoms with Gasteiger partial charge in [-0.05, 0) is 59.7 Å². The molecule has 262 valence electrons. The molecule has 0 aliphatic rings. The van der Waals surface area contributed by atoms with Crippen molar-refractivity contribution in [1.29, 1.82) is 0 Å². The molecule has 0 bridgehead atoms. The third-order valence-electron chi connectivity index (χ3n) is 7.74. The highest BCUT2D eigenvalue weighted by Crippen LogP contribution is 2.34. The van der Waals surface area contributed by atoms with E-state index in [1.807, 2.05) is 83.1 Å². The molecule has 0 unspecified atom stereocenters. The lowest BCUT2D eigenvalue weighted by molar-refractivity contribution is 1.18. The van der Waals surface area contributed by atoms with Crippen LogP contribution in [0.25, 0.3) is 66.1 Å². The van der Waals surface area contributed by atoms with Crippen molar-refractivity contribution < 1.29 is 0 Å². The van der Waals surface area contributed by atoms with Gasteiger partial charge in [-0.25, -0.2) is 0 Å². The first-order valence-corrected chi connectivity index (χ1v) is 19.0. The predicted molar refractivity (Wildman–Crippen MR) is 229 cm³/mol. The van der Waals surface area contributed by atoms with Crippen LogP contribution in [0, 0.1) is 0 Å². The number of para-hydroxylation sites is 4. The first-order chi connectivity index (χ1) is 24.9. The molecule has 0 N–H and O–H groups in total. The van der Waals surface area contributed by atoms with Crippen LogP contribution in [0.3, 0.4) is 0 Å². The van der Waals surface area contributed by atoms with Gasteiger partial charge in [-0.1, -0.05) is 180 Å². The molecule has 0 aliphatic heterocycles. The van der Waals surface area contributed by atoms with Crippen LogP contribution in [0.15, 0.2) is 146 Å². The van der Waals surface area contributed by atoms with Crippen LogP contribution in [-0.4, -0.2) is 9.13 Å². The second-order valence-corrected chi connectivity index (χ2v) is 9.83. The number of hydrogen-bond acceptors (Lipinski definition) is 0. The van der Waals surface area contributed by atoms with E-state index in [0.717, 1.165) is 0 Å². The summed E-state index contributed by atoms with van der Waals surface area (Å²) in [5.74, 6) is 0. The van der Waals surface area contributed by atoms with Gasteiger partial charge in [0.15, 0.2) is 0 Å². The van der Waals surface area contributed by atoms with Crippen molar-refractivity contribution in [3.63, 3.8) is 0 Å². The van der Waals surface area contributed by atoms with Crippen LogP contribution in [-0.2, 0) is 0 Å². The highest BCUT2D eigenvalue weighted by molar-refractivity contribution is 6.10. The van der Waals surface area contributed by atoms with Crippen molar-refractivity contribution in [1.82, 2.24) is 9.13 Å². The molecule has 0 saturated heterocycles. The van der Waals surface area contributed by atoms with Gasteiger partial charge in [0.2, 0.25) is 0 Å². The fourth-order valence-electron chi connectivity index (χ4n) is 6.01. The van der Waals surface area contributed by atoms with E-state index in [9.17, 15) is 0 Å². The number of rotatable bonds is 3. The maximum Gasteiger partial charge on any atom is 0.0541 e. The average molecular weight is 665 g/mol. The number of benzene rings is 6. The molecule has 0 fully saturated rings. The summed E-state index contributed by atoms with van der Waals surface area (Å²) in [7, 11) is 0. The number of aromatic nitrogens is 2. The van der Waals surface area contributed by atoms with E-state index in [1.165, 1.54) is 66.1 Å². The zero-order chi connectivity index (χ0) is 37.1. The van der Waals surface area contributed by atoms with Gasteiger partial charge in [0.05, 0.1) is 22.1 Å². The quantitative estimate of drug-likeness (QED) is 0.178. The maximum absolute atomic E-state index is 2.36. The molecule has 0 amide bonds. The molecule has 0 aliphatic carbocycles. The molecule has 6 aromatic carbocycles. The minimum Gasteiger partial charge on any atom is -0.309 e. The zero-order valence-electron chi connectivity index (χ0n) is 32.8. The van der Waals surface area contributed by atoms with Gasteiger partial charge >= 0.3 is 0 Å². The second kappa shape index (κ2) is 21.8. The number of nitrogens with zero attached hydrogens (tertiary/aromatic N) is 2. The highest BCUT2D eigenvalue weighted by Gasteiger charge is 2.13. The van der Waals surface area contributed by atoms with Gasteiger partial charge in [0.25, 0.3) is 0 Å². The SMILES string of the molecule is CC.CC.CC.CC.CC.CC.c1ccc2c(c1)c1ccccc1n2-c1ccc(-c2ccc(-n3c4ccccc4c4ccccc43)cc2)cc1. The van der Waals surface area contributed by atoms with Crippen molar-refractivity contribution in [2.75, 3.05) is 0 Å². The number of hydrogen-bond donors (Lipinski definition) is 0. The molecule has 0 radical (unpaired) electrons. The summed E-state index contributed by atoms with van der Waals surface area (Å²) in [6, 6.07) is 52.4. The Kier molecular flexibility index (Phi) is 17.9. The summed E-state index contributed by atoms with van der Waals surface area (Å²) in [4.78, 5) is 0. The smallest absolute Gasteiger partial charge is 0.0541 e. The van der Waals surface area contributed by atoms with Crippen LogP contribution >= 0.6 is 0 Å². The lowest BCUT2D eigenvalue weighted by Crippen LogP contribution is -1.94. The summed E-state index contributed by atoms with van der Waals surface area (Å²) in [5.41, 5.74) is 9.70. The molecule has 2 heteroatoms. The van der Waals surface area contributed by atoms with Crippen LogP contribution in [0.1, 0.15) is 83.1 Å². The molecule has 2 nitrogen and oxygen atoms in total. The minimum atomic E-state index is 1.17. The Morgan fingerprint density at radius 2 is 0.440 bits per heavy atom. The average Bonchev–Trinajstić information content (AvgIpc) is 3.76. The van der Waals surface area contributed by atoms with Crippen molar-refractivity contribution in [3.05, 3.63) is 146 Å². The summed E-state index contributed by atoms with van der Waals surface area (Å²) < 4.78 is 4.72. The maximum atomic E-state index is 2.36. The van der Waals surface area contributed by atoms with Gasteiger partial charge in [0, 0.05) is 32.9 Å². The lowest BCUT2D eigenvalue weighted by atomic mass is 10.0. The van der Waals surface area contributed by atoms with E-state index in [2.05, 4.69) is 155 Å². The lowest BCUT2D eigenvalue weighted by Gasteiger charge is -2.11. The van der Waals surface area contributed by atoms with Crippen molar-refractivity contribution >= 4 is 43.6 Å². The monoisotopic (exact) mass is 664 g/mol. The summed E-state index contributed by atoms with van der Waals surface area (Å²) >= 11 is 0. The minimum absolute atomic E-state index is 1.17. The van der Waals surface area contributed by atoms with E-state index in [-0.39, 0.29) is 0 Å². The molecule has 0 saturated carbocycles. The van der Waals surface area contributed by atoms with E-state index < -0.39 is 0 Å². The zero-order valence-corrected chi connectivity index (χ0v) is 32.8. The van der Waals surface area contributed by atoms with E-state index >= 15 is 0 Å². The standard InChI is InChI=1S/C36H24N2.6C2H6/c1-5-13-33-29(9-1)30-10-2-6-14-34(30)37(33)27-21-17-25(18-22-27)26-19-23-28(24-20-26)38-35-15-7-3-11-31(35)32-12-4-8-16-36(32)38;6*1-2/h1-24H;6*1-2H3. The molecule has 8 rings (SSSR count). The Morgan fingerprint density at radius 1 is 0.240 bits per heavy atom. The summed E-state index contributed by atoms with van der Waals surface area (Å²) in [5, 5.41) is 5.14. The molecule has 50 heavy (non-hydrogen) atoms. The van der Waals surface area contributed by atoms with Crippen LogP contribution in [0.5, 0.6) is 0 Å². The summed E-state index contributed by atoms with van der Waals surface area (Å²) in [6.07, 6.45) is 0. The largest absolute Gasteiger partial charge is 0.309 e. The van der Waals surface area contributed by atoms with Crippen LogP contribution in [0.2, 0.25) is 0 Å². The molecular weight excluding hydrogens is 605 g/mol. The van der Waals surface area contributed by atoms with Gasteiger partial charge in [-0.15, -0.1) is 0 Å². The Balaban J connectivity index is 0.000000659. The van der Waals surface area contributed by atoms with Crippen molar-refractivity contribution in [3.8, 4) is 22.5 Å². The van der Waals surface area contributed by atoms with E-state index in [4.69, 9.17) is 0 Å². The van der Waals surface area contributed by atoms with Crippen molar-refractivity contribution in [2.45, 2.75) is 83.1 Å². The second-order valence-electron chi connectivity index (χ2n) is 9.83. The van der Waals surface area contributed by atoms with Crippen LogP contribution in [0.4, 0.5) is 0 Å². The van der Waals surface area contributed by atoms with E-state index in [0.29, 0.717) is 0 Å². The Hall–Kier alpha value is -5.08. The Labute approximate surface area is 303 Å². The van der Waals surface area contributed by atoms with E-state index in [1.54, 1.807) is 0 Å². The molecule has 2 aromatic heterocycles.